The van der Waals surface area contributed by atoms with Crippen LogP contribution in [0.2, 0.25) is 0 Å². The van der Waals surface area contributed by atoms with E-state index in [2.05, 4.69) is 11.0 Å². The average Bonchev–Trinajstić information content (AvgIpc) is 3.30. The minimum absolute atomic E-state index is 0.0143. The van der Waals surface area contributed by atoms with E-state index >= 15 is 0 Å². The molecule has 0 unspecified atom stereocenters. The lowest BCUT2D eigenvalue weighted by Gasteiger charge is -2.40. The first-order valence-electron chi connectivity index (χ1n) is 12.6. The Morgan fingerprint density at radius 2 is 1.86 bits per heavy atom. The van der Waals surface area contributed by atoms with Crippen LogP contribution in [0.4, 0.5) is 4.79 Å². The van der Waals surface area contributed by atoms with E-state index in [0.717, 1.165) is 23.9 Å². The third-order valence-corrected chi connectivity index (χ3v) is 9.63. The zero-order valence-corrected chi connectivity index (χ0v) is 21.8. The number of aliphatic hydroxyl groups is 1. The van der Waals surface area contributed by atoms with Crippen LogP contribution in [0, 0.1) is 0 Å². The van der Waals surface area contributed by atoms with Gasteiger partial charge in [0.2, 0.25) is 10.0 Å². The number of carbonyl (C=O) groups is 1. The summed E-state index contributed by atoms with van der Waals surface area (Å²) in [4.78, 5) is 15.1. The quantitative estimate of drug-likeness (QED) is 0.485. The minimum Gasteiger partial charge on any atom is -0.465 e. The molecule has 0 radical (unpaired) electrons. The Bertz CT molecular complexity index is 1390. The highest BCUT2D eigenvalue weighted by Crippen LogP contribution is 2.30. The number of carboxylic acid groups (broad SMARTS) is 1. The van der Waals surface area contributed by atoms with Crippen LogP contribution >= 0.6 is 0 Å². The van der Waals surface area contributed by atoms with E-state index in [-0.39, 0.29) is 24.5 Å². The van der Waals surface area contributed by atoms with Gasteiger partial charge in [-0.1, -0.05) is 30.3 Å². The standard InChI is InChI=1S/C27H33N3O6S/c1-28(37(34,35)25-8-4-5-20-17-30(26(31)32)14-10-23(20)25)19-27(33)11-15-29(16-12-27)13-9-21-18-36-24-7-3-2-6-22(21)24/h2-8,18,33H,9-17,19H2,1H3,(H,31,32). The molecule has 0 saturated carbocycles. The van der Waals surface area contributed by atoms with Crippen molar-refractivity contribution in [3.63, 3.8) is 0 Å². The van der Waals surface area contributed by atoms with Crippen LogP contribution in [0.1, 0.15) is 29.5 Å². The topological polar surface area (TPSA) is 115 Å². The molecule has 1 saturated heterocycles. The van der Waals surface area contributed by atoms with Crippen LogP contribution in [-0.4, -0.2) is 84.2 Å². The van der Waals surface area contributed by atoms with Crippen LogP contribution in [0.25, 0.3) is 11.0 Å². The van der Waals surface area contributed by atoms with E-state index in [1.165, 1.54) is 21.8 Å². The van der Waals surface area contributed by atoms with Crippen LogP contribution in [0.5, 0.6) is 0 Å². The molecule has 198 valence electrons. The number of nitrogens with zero attached hydrogens (tertiary/aromatic N) is 3. The number of hydrogen-bond acceptors (Lipinski definition) is 6. The molecule has 2 N–H and O–H groups in total. The molecule has 0 bridgehead atoms. The molecule has 0 spiro atoms. The Kier molecular flexibility index (Phi) is 7.01. The molecule has 5 rings (SSSR count). The molecule has 2 aromatic carbocycles. The van der Waals surface area contributed by atoms with Gasteiger partial charge in [0.25, 0.3) is 0 Å². The summed E-state index contributed by atoms with van der Waals surface area (Å²) >= 11 is 0. The number of rotatable bonds is 7. The normalized spacial score (nSPS) is 18.3. The van der Waals surface area contributed by atoms with Crippen molar-refractivity contribution in [1.82, 2.24) is 14.1 Å². The van der Waals surface area contributed by atoms with Gasteiger partial charge >= 0.3 is 6.09 Å². The second-order valence-corrected chi connectivity index (χ2v) is 12.2. The van der Waals surface area contributed by atoms with Crippen molar-refractivity contribution in [3.8, 4) is 0 Å². The number of amides is 1. The monoisotopic (exact) mass is 527 g/mol. The Morgan fingerprint density at radius 1 is 1.11 bits per heavy atom. The summed E-state index contributed by atoms with van der Waals surface area (Å²) in [6.07, 6.45) is 2.96. The van der Waals surface area contributed by atoms with Crippen molar-refractivity contribution in [2.24, 2.45) is 0 Å². The molecule has 2 aliphatic heterocycles. The van der Waals surface area contributed by atoms with E-state index < -0.39 is 21.7 Å². The number of benzene rings is 2. The third-order valence-electron chi connectivity index (χ3n) is 7.74. The fourth-order valence-corrected chi connectivity index (χ4v) is 7.04. The van der Waals surface area contributed by atoms with Crippen molar-refractivity contribution in [1.29, 1.82) is 0 Å². The molecule has 10 heteroatoms. The fourth-order valence-electron chi connectivity index (χ4n) is 5.50. The Hall–Kier alpha value is -2.92. The minimum atomic E-state index is -3.85. The van der Waals surface area contributed by atoms with Crippen molar-refractivity contribution in [2.45, 2.75) is 42.7 Å². The van der Waals surface area contributed by atoms with Crippen LogP contribution in [-0.2, 0) is 29.4 Å². The van der Waals surface area contributed by atoms with Crippen LogP contribution < -0.4 is 0 Å². The molecule has 1 aromatic heterocycles. The molecule has 37 heavy (non-hydrogen) atoms. The number of piperidine rings is 1. The number of likely N-dealkylation sites (tertiary alicyclic amines) is 1. The molecule has 3 heterocycles. The Labute approximate surface area is 216 Å². The van der Waals surface area contributed by atoms with E-state index in [0.29, 0.717) is 43.5 Å². The zero-order valence-electron chi connectivity index (χ0n) is 21.0. The van der Waals surface area contributed by atoms with Gasteiger partial charge in [-0.15, -0.1) is 0 Å². The Balaban J connectivity index is 1.20. The molecular weight excluding hydrogens is 494 g/mol. The van der Waals surface area contributed by atoms with E-state index in [1.807, 2.05) is 24.5 Å². The molecule has 9 nitrogen and oxygen atoms in total. The zero-order chi connectivity index (χ0) is 26.2. The number of hydrogen-bond donors (Lipinski definition) is 2. The maximum absolute atomic E-state index is 13.5. The van der Waals surface area contributed by atoms with Crippen LogP contribution in [0.15, 0.2) is 58.0 Å². The predicted molar refractivity (Wildman–Crippen MR) is 139 cm³/mol. The first kappa shape index (κ1) is 25.7. The molecule has 0 atom stereocenters. The molecule has 0 aliphatic carbocycles. The highest BCUT2D eigenvalue weighted by Gasteiger charge is 2.37. The van der Waals surface area contributed by atoms with E-state index in [9.17, 15) is 23.4 Å². The number of para-hydroxylation sites is 1. The summed E-state index contributed by atoms with van der Waals surface area (Å²) in [6, 6.07) is 13.0. The van der Waals surface area contributed by atoms with E-state index in [4.69, 9.17) is 4.42 Å². The summed E-state index contributed by atoms with van der Waals surface area (Å²) in [5.41, 5.74) is 2.32. The lowest BCUT2D eigenvalue weighted by atomic mass is 9.91. The second kappa shape index (κ2) is 10.1. The second-order valence-electron chi connectivity index (χ2n) is 10.2. The highest BCUT2D eigenvalue weighted by molar-refractivity contribution is 7.89. The summed E-state index contributed by atoms with van der Waals surface area (Å²) in [5, 5.41) is 21.7. The van der Waals surface area contributed by atoms with Crippen molar-refractivity contribution < 1.29 is 27.8 Å². The lowest BCUT2D eigenvalue weighted by molar-refractivity contribution is -0.0296. The van der Waals surface area contributed by atoms with Crippen molar-refractivity contribution in [2.75, 3.05) is 39.8 Å². The van der Waals surface area contributed by atoms with Gasteiger partial charge in [-0.3, -0.25) is 0 Å². The maximum Gasteiger partial charge on any atom is 0.407 e. The van der Waals surface area contributed by atoms with Gasteiger partial charge < -0.3 is 24.4 Å². The summed E-state index contributed by atoms with van der Waals surface area (Å²) in [6.45, 7) is 2.66. The first-order chi connectivity index (χ1) is 17.7. The number of furan rings is 1. The summed E-state index contributed by atoms with van der Waals surface area (Å²) < 4.78 is 33.9. The van der Waals surface area contributed by atoms with E-state index in [1.54, 1.807) is 18.2 Å². The van der Waals surface area contributed by atoms with Crippen molar-refractivity contribution in [3.05, 3.63) is 65.4 Å². The van der Waals surface area contributed by atoms with Crippen molar-refractivity contribution >= 4 is 27.1 Å². The van der Waals surface area contributed by atoms with Gasteiger partial charge in [0.05, 0.1) is 16.8 Å². The third kappa shape index (κ3) is 5.24. The van der Waals surface area contributed by atoms with Gasteiger partial charge in [-0.25, -0.2) is 13.2 Å². The molecular formula is C27H33N3O6S. The molecule has 1 amide bonds. The lowest BCUT2D eigenvalue weighted by Crippen LogP contribution is -2.51. The number of likely N-dealkylation sites (N-methyl/N-ethyl adjacent to an activating group) is 1. The van der Waals surface area contributed by atoms with Gasteiger partial charge in [-0.2, -0.15) is 4.31 Å². The van der Waals surface area contributed by atoms with Gasteiger partial charge in [0, 0.05) is 51.7 Å². The summed E-state index contributed by atoms with van der Waals surface area (Å²) in [5.74, 6) is 0. The first-order valence-corrected chi connectivity index (χ1v) is 14.1. The summed E-state index contributed by atoms with van der Waals surface area (Å²) in [7, 11) is -2.34. The number of fused-ring (bicyclic) bond motifs is 2. The molecule has 2 aliphatic rings. The average molecular weight is 528 g/mol. The number of sulfonamides is 1. The Morgan fingerprint density at radius 3 is 2.62 bits per heavy atom. The fraction of sp³-hybridized carbons (Fsp3) is 0.444. The maximum atomic E-state index is 13.5. The highest BCUT2D eigenvalue weighted by atomic mass is 32.2. The smallest absolute Gasteiger partial charge is 0.407 e. The molecule has 3 aromatic rings. The van der Waals surface area contributed by atoms with Gasteiger partial charge in [0.15, 0.2) is 0 Å². The molecule has 1 fully saturated rings. The SMILES string of the molecule is CN(CC1(O)CCN(CCc2coc3ccccc23)CC1)S(=O)(=O)c1cccc2c1CCN(C(=O)O)C2. The predicted octanol–water partition coefficient (Wildman–Crippen LogP) is 3.16. The van der Waals surface area contributed by atoms with Gasteiger partial charge in [0.1, 0.15) is 5.58 Å². The largest absolute Gasteiger partial charge is 0.465 e. The van der Waals surface area contributed by atoms with Gasteiger partial charge in [-0.05, 0) is 54.5 Å². The van der Waals surface area contributed by atoms with Crippen LogP contribution in [0.3, 0.4) is 0 Å².